The standard InChI is InChI=1S/C26H29GeN2.C15H28O2.Ir/c1-16(2)19-8-10-20(11-9-19)25-23-13-12-21-15-22(27(5,6)7)14-17(3)24(21)26(23)29-18(4)28-25;1-7-14(5,8-2)12(16)11-13(17)15(6,9-3)10-4;/h8-10,12-16H,1-7H3;11,16H,7-10H2,1-6H3;/q-1;;/b;12-11-;. The summed E-state index contributed by atoms with van der Waals surface area (Å²) in [5.41, 5.74) is 5.06. The van der Waals surface area contributed by atoms with E-state index in [1.807, 2.05) is 48.5 Å². The maximum absolute atomic E-state index is 12.2. The second kappa shape index (κ2) is 16.4. The summed E-state index contributed by atoms with van der Waals surface area (Å²) in [5.74, 6) is 8.93. The molecule has 6 heteroatoms. The van der Waals surface area contributed by atoms with Crippen molar-refractivity contribution >= 4 is 45.1 Å². The second-order valence-corrected chi connectivity index (χ2v) is 25.5. The molecule has 47 heavy (non-hydrogen) atoms. The molecule has 0 spiro atoms. The molecule has 3 aromatic carbocycles. The molecule has 0 unspecified atom stereocenters. The fourth-order valence-corrected chi connectivity index (χ4v) is 8.23. The summed E-state index contributed by atoms with van der Waals surface area (Å²) in [6.07, 6.45) is 4.75. The van der Waals surface area contributed by atoms with Gasteiger partial charge in [0.2, 0.25) is 0 Å². The van der Waals surface area contributed by atoms with Crippen LogP contribution in [-0.4, -0.2) is 34.1 Å². The third-order valence-electron chi connectivity index (χ3n) is 10.3. The van der Waals surface area contributed by atoms with Crippen molar-refractivity contribution in [2.24, 2.45) is 10.8 Å². The number of carbonyl (C=O) groups excluding carboxylic acids is 1. The fraction of sp³-hybridized carbons (Fsp3) is 0.488. The SMILES string of the molecule is CCC(C)(CC)C(=O)/C=C(\O)C(C)(CC)CC.Cc1nc(-c2[c-]cc(C(C)C)cc2)c2ccc3c[c]([Ge]([CH3])([CH3])[CH3])cc(C)c3c2n1.[Ir]. The van der Waals surface area contributed by atoms with Crippen LogP contribution in [-0.2, 0) is 24.9 Å². The number of rotatable bonds is 10. The summed E-state index contributed by atoms with van der Waals surface area (Å²) in [7, 11) is 0. The van der Waals surface area contributed by atoms with Crippen molar-refractivity contribution in [1.82, 2.24) is 9.97 Å². The minimum atomic E-state index is -1.90. The number of allylic oxidation sites excluding steroid dienone is 2. The average molecular weight is 875 g/mol. The van der Waals surface area contributed by atoms with Gasteiger partial charge in [-0.25, -0.2) is 0 Å². The fourth-order valence-electron chi connectivity index (χ4n) is 5.64. The van der Waals surface area contributed by atoms with E-state index in [1.54, 1.807) is 0 Å². The van der Waals surface area contributed by atoms with Gasteiger partial charge < -0.3 is 5.11 Å². The monoisotopic (exact) mass is 876 g/mol. The molecule has 1 heterocycles. The molecule has 0 aliphatic rings. The van der Waals surface area contributed by atoms with Crippen LogP contribution in [0.3, 0.4) is 0 Å². The zero-order chi connectivity index (χ0) is 34.6. The van der Waals surface area contributed by atoms with E-state index >= 15 is 0 Å². The normalized spacial score (nSPS) is 12.6. The van der Waals surface area contributed by atoms with Gasteiger partial charge in [-0.15, -0.1) is 0 Å². The number of hydrogen-bond donors (Lipinski definition) is 1. The van der Waals surface area contributed by atoms with Gasteiger partial charge in [0.1, 0.15) is 5.76 Å². The van der Waals surface area contributed by atoms with Gasteiger partial charge in [0.15, 0.2) is 5.78 Å². The van der Waals surface area contributed by atoms with Crippen molar-refractivity contribution in [3.63, 3.8) is 0 Å². The van der Waals surface area contributed by atoms with Crippen LogP contribution in [0.25, 0.3) is 32.9 Å². The van der Waals surface area contributed by atoms with Gasteiger partial charge in [-0.1, -0.05) is 55.4 Å². The first kappa shape index (κ1) is 40.8. The van der Waals surface area contributed by atoms with E-state index < -0.39 is 13.3 Å². The number of fused-ring (bicyclic) bond motifs is 3. The molecule has 1 radical (unpaired) electrons. The third-order valence-corrected chi connectivity index (χ3v) is 14.6. The number of aliphatic hydroxyl groups is 1. The second-order valence-electron chi connectivity index (χ2n) is 14.8. The van der Waals surface area contributed by atoms with E-state index in [4.69, 9.17) is 9.97 Å². The van der Waals surface area contributed by atoms with Gasteiger partial charge in [0.05, 0.1) is 0 Å². The first-order valence-corrected chi connectivity index (χ1v) is 24.5. The Morgan fingerprint density at radius 3 is 2.00 bits per heavy atom. The van der Waals surface area contributed by atoms with E-state index in [0.29, 0.717) is 5.92 Å². The van der Waals surface area contributed by atoms with Crippen molar-refractivity contribution < 1.29 is 30.0 Å². The summed E-state index contributed by atoms with van der Waals surface area (Å²) in [6.45, 7) is 20.7. The van der Waals surface area contributed by atoms with Crippen molar-refractivity contribution in [3.05, 3.63) is 77.3 Å². The van der Waals surface area contributed by atoms with E-state index in [9.17, 15) is 9.90 Å². The molecule has 257 valence electrons. The molecule has 0 aliphatic carbocycles. The molecule has 0 amide bonds. The van der Waals surface area contributed by atoms with E-state index in [0.717, 1.165) is 53.7 Å². The van der Waals surface area contributed by atoms with Crippen LogP contribution in [0.5, 0.6) is 0 Å². The minimum Gasteiger partial charge on any atom is 0 e. The predicted octanol–water partition coefficient (Wildman–Crippen LogP) is 11.2. The van der Waals surface area contributed by atoms with Crippen molar-refractivity contribution in [2.45, 2.75) is 118 Å². The van der Waals surface area contributed by atoms with Crippen molar-refractivity contribution in [1.29, 1.82) is 0 Å². The third kappa shape index (κ3) is 9.22. The van der Waals surface area contributed by atoms with Crippen LogP contribution in [0.2, 0.25) is 17.3 Å². The zero-order valence-corrected chi connectivity index (χ0v) is 35.6. The number of aryl methyl sites for hydroxylation is 2. The number of ketones is 1. The Balaban J connectivity index is 0.000000370. The van der Waals surface area contributed by atoms with Crippen LogP contribution in [0.4, 0.5) is 0 Å². The molecular formula is C41H57GeIrN2O2-. The van der Waals surface area contributed by atoms with Crippen LogP contribution in [0.1, 0.15) is 104 Å². The Hall–Kier alpha value is -2.34. The molecule has 4 nitrogen and oxygen atoms in total. The Morgan fingerprint density at radius 2 is 1.51 bits per heavy atom. The number of aromatic nitrogens is 2. The van der Waals surface area contributed by atoms with Gasteiger partial charge in [-0.3, -0.25) is 4.79 Å². The minimum absolute atomic E-state index is 0. The summed E-state index contributed by atoms with van der Waals surface area (Å²) in [6, 6.07) is 19.1. The molecular weight excluding hydrogens is 817 g/mol. The Labute approximate surface area is 301 Å². The van der Waals surface area contributed by atoms with E-state index in [1.165, 1.54) is 32.4 Å². The van der Waals surface area contributed by atoms with Crippen molar-refractivity contribution in [3.8, 4) is 11.3 Å². The van der Waals surface area contributed by atoms with Crippen LogP contribution in [0, 0.1) is 30.7 Å². The molecule has 1 N–H and O–H groups in total. The summed E-state index contributed by atoms with van der Waals surface area (Å²) < 4.78 is 1.54. The van der Waals surface area contributed by atoms with Crippen LogP contribution >= 0.6 is 0 Å². The maximum atomic E-state index is 12.2. The molecule has 0 fully saturated rings. The quantitative estimate of drug-likeness (QED) is 0.0567. The number of benzene rings is 3. The summed E-state index contributed by atoms with van der Waals surface area (Å²) in [5, 5.41) is 13.8. The summed E-state index contributed by atoms with van der Waals surface area (Å²) >= 11 is -1.90. The van der Waals surface area contributed by atoms with Crippen LogP contribution < -0.4 is 4.40 Å². The molecule has 4 aromatic rings. The van der Waals surface area contributed by atoms with E-state index in [-0.39, 0.29) is 42.5 Å². The number of carbonyl (C=O) groups is 1. The number of aliphatic hydroxyl groups excluding tert-OH is 1. The summed E-state index contributed by atoms with van der Waals surface area (Å²) in [4.78, 5) is 21.9. The van der Waals surface area contributed by atoms with Gasteiger partial charge in [-0.2, -0.15) is 0 Å². The van der Waals surface area contributed by atoms with Crippen molar-refractivity contribution in [2.75, 3.05) is 0 Å². The average Bonchev–Trinajstić information content (AvgIpc) is 3.02. The Bertz CT molecular complexity index is 1710. The van der Waals surface area contributed by atoms with Gasteiger partial charge in [0, 0.05) is 37.0 Å². The zero-order valence-electron chi connectivity index (χ0n) is 31.1. The predicted molar refractivity (Wildman–Crippen MR) is 201 cm³/mol. The Kier molecular flexibility index (Phi) is 14.2. The number of nitrogens with zero attached hydrogens (tertiary/aromatic N) is 2. The molecule has 0 saturated heterocycles. The molecule has 1 aromatic heterocycles. The smallest absolute Gasteiger partial charge is 0 e. The molecule has 0 bridgehead atoms. The first-order chi connectivity index (χ1) is 21.4. The largest absolute Gasteiger partial charge is 0 e. The van der Waals surface area contributed by atoms with E-state index in [2.05, 4.69) is 86.6 Å². The first-order valence-electron chi connectivity index (χ1n) is 17.1. The Morgan fingerprint density at radius 1 is 0.915 bits per heavy atom. The maximum Gasteiger partial charge on any atom is 0 e. The molecule has 0 aliphatic heterocycles. The van der Waals surface area contributed by atoms with Crippen LogP contribution in [0.15, 0.2) is 54.3 Å². The van der Waals surface area contributed by atoms with Gasteiger partial charge >= 0.3 is 163 Å². The molecule has 0 atom stereocenters. The number of hydrogen-bond acceptors (Lipinski definition) is 4. The van der Waals surface area contributed by atoms with Gasteiger partial charge in [-0.05, 0) is 25.7 Å². The van der Waals surface area contributed by atoms with Gasteiger partial charge in [0.25, 0.3) is 0 Å². The topological polar surface area (TPSA) is 63.1 Å². The molecule has 4 rings (SSSR count). The molecule has 0 saturated carbocycles.